The van der Waals surface area contributed by atoms with Crippen LogP contribution in [0.4, 0.5) is 5.00 Å². The summed E-state index contributed by atoms with van der Waals surface area (Å²) < 4.78 is 9.95. The molecule has 0 aromatic carbocycles. The zero-order chi connectivity index (χ0) is 10.7. The van der Waals surface area contributed by atoms with Crippen LogP contribution in [0.5, 0.6) is 5.06 Å². The largest absolute Gasteiger partial charge is 0.487 e. The normalized spacial score (nSPS) is 9.93. The molecule has 14 heavy (non-hydrogen) atoms. The smallest absolute Gasteiger partial charge is 0.341 e. The van der Waals surface area contributed by atoms with Gasteiger partial charge in [-0.25, -0.2) is 4.79 Å². The molecule has 1 rings (SSSR count). The van der Waals surface area contributed by atoms with Gasteiger partial charge in [0.2, 0.25) is 0 Å². The fraction of sp³-hybridized carbons (Fsp3) is 0.444. The van der Waals surface area contributed by atoms with Crippen molar-refractivity contribution in [2.45, 2.75) is 13.8 Å². The summed E-state index contributed by atoms with van der Waals surface area (Å²) in [4.78, 5) is 11.5. The van der Waals surface area contributed by atoms with E-state index in [1.54, 1.807) is 21.0 Å². The molecule has 0 fully saturated rings. The third-order valence-electron chi connectivity index (χ3n) is 1.80. The summed E-state index contributed by atoms with van der Waals surface area (Å²) in [5.41, 5.74) is 6.86. The monoisotopic (exact) mass is 215 g/mol. The standard InChI is InChI=1S/C9H13NO3S/c1-4-13-8(11)6-5(2)9(12-3)14-7(6)10/h4,10H2,1-3H3. The van der Waals surface area contributed by atoms with Gasteiger partial charge in [-0.3, -0.25) is 0 Å². The summed E-state index contributed by atoms with van der Waals surface area (Å²) >= 11 is 1.25. The van der Waals surface area contributed by atoms with Gasteiger partial charge in [0.25, 0.3) is 0 Å². The van der Waals surface area contributed by atoms with Gasteiger partial charge in [-0.1, -0.05) is 11.3 Å². The van der Waals surface area contributed by atoms with E-state index in [9.17, 15) is 4.79 Å². The van der Waals surface area contributed by atoms with Crippen LogP contribution in [0.1, 0.15) is 22.8 Å². The third-order valence-corrected chi connectivity index (χ3v) is 2.88. The first kappa shape index (κ1) is 10.8. The van der Waals surface area contributed by atoms with Gasteiger partial charge < -0.3 is 15.2 Å². The summed E-state index contributed by atoms with van der Waals surface area (Å²) in [5, 5.41) is 1.10. The first-order chi connectivity index (χ1) is 6.61. The second-order valence-electron chi connectivity index (χ2n) is 2.68. The van der Waals surface area contributed by atoms with Gasteiger partial charge in [0.05, 0.1) is 13.7 Å². The summed E-state index contributed by atoms with van der Waals surface area (Å²) in [5.74, 6) is -0.387. The Morgan fingerprint density at radius 2 is 2.21 bits per heavy atom. The number of rotatable bonds is 3. The summed E-state index contributed by atoms with van der Waals surface area (Å²) in [6.45, 7) is 3.89. The number of esters is 1. The number of hydrogen-bond acceptors (Lipinski definition) is 5. The fourth-order valence-electron chi connectivity index (χ4n) is 1.17. The lowest BCUT2D eigenvalue weighted by Gasteiger charge is -2.01. The quantitative estimate of drug-likeness (QED) is 0.781. The number of nitrogen functional groups attached to an aromatic ring is 1. The third kappa shape index (κ3) is 1.82. The SMILES string of the molecule is CCOC(=O)c1c(N)sc(OC)c1C. The van der Waals surface area contributed by atoms with Crippen molar-refractivity contribution in [1.82, 2.24) is 0 Å². The summed E-state index contributed by atoms with van der Waals surface area (Å²) in [7, 11) is 1.55. The molecule has 78 valence electrons. The van der Waals surface area contributed by atoms with Crippen LogP contribution in [0.25, 0.3) is 0 Å². The molecular weight excluding hydrogens is 202 g/mol. The Hall–Kier alpha value is -1.23. The van der Waals surface area contributed by atoms with Crippen LogP contribution in [-0.2, 0) is 4.74 Å². The number of nitrogens with two attached hydrogens (primary N) is 1. The number of methoxy groups -OCH3 is 1. The fourth-order valence-corrected chi connectivity index (χ4v) is 2.04. The van der Waals surface area contributed by atoms with Crippen molar-refractivity contribution in [3.05, 3.63) is 11.1 Å². The predicted molar refractivity (Wildman–Crippen MR) is 56.0 cm³/mol. The molecule has 0 aliphatic carbocycles. The Labute approximate surface area is 86.6 Å². The highest BCUT2D eigenvalue weighted by molar-refractivity contribution is 7.18. The van der Waals surface area contributed by atoms with Crippen molar-refractivity contribution in [2.24, 2.45) is 0 Å². The molecule has 0 radical (unpaired) electrons. The van der Waals surface area contributed by atoms with Crippen molar-refractivity contribution >= 4 is 22.3 Å². The highest BCUT2D eigenvalue weighted by atomic mass is 32.1. The first-order valence-electron chi connectivity index (χ1n) is 4.21. The molecule has 0 unspecified atom stereocenters. The van der Waals surface area contributed by atoms with Gasteiger partial charge in [0.15, 0.2) is 5.06 Å². The highest BCUT2D eigenvalue weighted by Crippen LogP contribution is 2.36. The van der Waals surface area contributed by atoms with Gasteiger partial charge in [-0.15, -0.1) is 0 Å². The van der Waals surface area contributed by atoms with Crippen LogP contribution in [0.3, 0.4) is 0 Å². The van der Waals surface area contributed by atoms with Crippen LogP contribution in [0.15, 0.2) is 0 Å². The highest BCUT2D eigenvalue weighted by Gasteiger charge is 2.20. The van der Waals surface area contributed by atoms with E-state index in [0.29, 0.717) is 22.2 Å². The Morgan fingerprint density at radius 3 is 2.64 bits per heavy atom. The molecule has 2 N–H and O–H groups in total. The zero-order valence-electron chi connectivity index (χ0n) is 8.42. The van der Waals surface area contributed by atoms with E-state index >= 15 is 0 Å². The maximum absolute atomic E-state index is 11.5. The van der Waals surface area contributed by atoms with Gasteiger partial charge in [0, 0.05) is 5.56 Å². The molecule has 4 nitrogen and oxygen atoms in total. The van der Waals surface area contributed by atoms with Crippen LogP contribution in [-0.4, -0.2) is 19.7 Å². The number of hydrogen-bond donors (Lipinski definition) is 1. The zero-order valence-corrected chi connectivity index (χ0v) is 9.23. The number of carbonyl (C=O) groups excluding carboxylic acids is 1. The average molecular weight is 215 g/mol. The van der Waals surface area contributed by atoms with Gasteiger partial charge in [-0.05, 0) is 13.8 Å². The van der Waals surface area contributed by atoms with Gasteiger partial charge in [-0.2, -0.15) is 0 Å². The second-order valence-corrected chi connectivity index (χ2v) is 3.69. The second kappa shape index (κ2) is 4.32. The molecular formula is C9H13NO3S. The number of carbonyl (C=O) groups is 1. The van der Waals surface area contributed by atoms with Crippen LogP contribution < -0.4 is 10.5 Å². The molecule has 5 heteroatoms. The van der Waals surface area contributed by atoms with Crippen molar-refractivity contribution < 1.29 is 14.3 Å². The topological polar surface area (TPSA) is 61.5 Å². The van der Waals surface area contributed by atoms with Crippen molar-refractivity contribution in [3.8, 4) is 5.06 Å². The molecule has 1 heterocycles. The first-order valence-corrected chi connectivity index (χ1v) is 5.03. The van der Waals surface area contributed by atoms with Gasteiger partial charge in [0.1, 0.15) is 10.6 Å². The van der Waals surface area contributed by atoms with Crippen LogP contribution in [0.2, 0.25) is 0 Å². The van der Waals surface area contributed by atoms with E-state index in [1.807, 2.05) is 0 Å². The van der Waals surface area contributed by atoms with Crippen LogP contribution >= 0.6 is 11.3 Å². The minimum Gasteiger partial charge on any atom is -0.487 e. The molecule has 0 amide bonds. The van der Waals surface area contributed by atoms with E-state index in [-0.39, 0.29) is 5.97 Å². The molecule has 0 saturated carbocycles. The van der Waals surface area contributed by atoms with Crippen molar-refractivity contribution in [1.29, 1.82) is 0 Å². The average Bonchev–Trinajstić information content (AvgIpc) is 2.41. The molecule has 0 saturated heterocycles. The molecule has 1 aromatic rings. The lowest BCUT2D eigenvalue weighted by molar-refractivity contribution is 0.0527. The Balaban J connectivity index is 3.07. The Morgan fingerprint density at radius 1 is 1.57 bits per heavy atom. The van der Waals surface area contributed by atoms with Crippen LogP contribution in [0, 0.1) is 6.92 Å². The van der Waals surface area contributed by atoms with E-state index in [1.165, 1.54) is 11.3 Å². The van der Waals surface area contributed by atoms with Gasteiger partial charge >= 0.3 is 5.97 Å². The molecule has 0 bridgehead atoms. The molecule has 0 aliphatic rings. The minimum atomic E-state index is -0.387. The molecule has 0 atom stereocenters. The molecule has 1 aromatic heterocycles. The van der Waals surface area contributed by atoms with Crippen molar-refractivity contribution in [3.63, 3.8) is 0 Å². The number of thiophene rings is 1. The lowest BCUT2D eigenvalue weighted by Crippen LogP contribution is -2.07. The maximum Gasteiger partial charge on any atom is 0.341 e. The van der Waals surface area contributed by atoms with E-state index in [2.05, 4.69) is 0 Å². The number of anilines is 1. The van der Waals surface area contributed by atoms with Crippen molar-refractivity contribution in [2.75, 3.05) is 19.5 Å². The summed E-state index contributed by atoms with van der Waals surface area (Å²) in [6, 6.07) is 0. The van der Waals surface area contributed by atoms with E-state index in [4.69, 9.17) is 15.2 Å². The maximum atomic E-state index is 11.5. The van der Waals surface area contributed by atoms with E-state index < -0.39 is 0 Å². The minimum absolute atomic E-state index is 0.343. The Bertz CT molecular complexity index is 346. The Kier molecular flexibility index (Phi) is 3.35. The predicted octanol–water partition coefficient (Wildman–Crippen LogP) is 1.82. The van der Waals surface area contributed by atoms with E-state index in [0.717, 1.165) is 5.56 Å². The summed E-state index contributed by atoms with van der Waals surface area (Å²) in [6.07, 6.45) is 0. The molecule has 0 aliphatic heterocycles. The lowest BCUT2D eigenvalue weighted by atomic mass is 10.2. The number of ether oxygens (including phenoxy) is 2. The molecule has 0 spiro atoms.